The zero-order valence-electron chi connectivity index (χ0n) is 58.6. The lowest BCUT2D eigenvalue weighted by Gasteiger charge is -2.19. The Morgan fingerprint density at radius 2 is 0.463 bits per heavy atom. The first-order valence-corrected chi connectivity index (χ1v) is 37.5. The maximum absolute atomic E-state index is 2.55. The maximum atomic E-state index is 2.55. The van der Waals surface area contributed by atoms with Crippen LogP contribution in [-0.2, 0) is 0 Å². The second-order valence-electron chi connectivity index (χ2n) is 29.4. The smallest absolute Gasteiger partial charge is 0.0547 e. The number of benzene rings is 20. The van der Waals surface area contributed by atoms with E-state index in [-0.39, 0.29) is 0 Å². The molecule has 498 valence electrons. The Balaban J connectivity index is 0.635. The van der Waals surface area contributed by atoms with Crippen LogP contribution in [0, 0.1) is 0 Å². The normalized spacial score (nSPS) is 12.3. The largest absolute Gasteiger partial charge is 0.309 e. The molecule has 0 saturated heterocycles. The summed E-state index contributed by atoms with van der Waals surface area (Å²) >= 11 is 0. The summed E-state index contributed by atoms with van der Waals surface area (Å²) in [6.45, 7) is 0. The first-order chi connectivity index (χ1) is 53.6. The molecule has 0 saturated carbocycles. The first kappa shape index (κ1) is 59.1. The first-order valence-electron chi connectivity index (χ1n) is 37.5. The van der Waals surface area contributed by atoms with Crippen LogP contribution in [0.15, 0.2) is 376 Å². The van der Waals surface area contributed by atoms with Crippen molar-refractivity contribution in [3.8, 4) is 56.1 Å². The molecule has 0 aliphatic carbocycles. The molecule has 0 amide bonds. The molecule has 0 aliphatic rings. The molecule has 4 aromatic heterocycles. The van der Waals surface area contributed by atoms with E-state index >= 15 is 0 Å². The third-order valence-corrected chi connectivity index (χ3v) is 23.8. The second-order valence-corrected chi connectivity index (χ2v) is 29.4. The molecule has 0 N–H and O–H groups in total. The van der Waals surface area contributed by atoms with Crippen molar-refractivity contribution < 1.29 is 0 Å². The summed E-state index contributed by atoms with van der Waals surface area (Å²) in [5.41, 5.74) is 21.2. The van der Waals surface area contributed by atoms with Crippen molar-refractivity contribution in [3.05, 3.63) is 376 Å². The molecule has 0 radical (unpaired) electrons. The fraction of sp³-hybridized carbons (Fsp3) is 0. The number of aromatic nitrogens is 4. The van der Waals surface area contributed by atoms with E-state index in [4.69, 9.17) is 0 Å². The van der Waals surface area contributed by atoms with Gasteiger partial charge in [-0.25, -0.2) is 0 Å². The van der Waals surface area contributed by atoms with Crippen LogP contribution in [-0.4, -0.2) is 18.3 Å². The topological polar surface area (TPSA) is 19.7 Å². The molecule has 4 heterocycles. The summed E-state index contributed by atoms with van der Waals surface area (Å²) in [7, 11) is 0. The van der Waals surface area contributed by atoms with Gasteiger partial charge in [0.15, 0.2) is 0 Å². The van der Waals surface area contributed by atoms with Crippen LogP contribution in [0.2, 0.25) is 0 Å². The zero-order chi connectivity index (χ0) is 70.4. The van der Waals surface area contributed by atoms with Crippen molar-refractivity contribution in [2.45, 2.75) is 0 Å². The molecule has 24 aromatic rings. The summed E-state index contributed by atoms with van der Waals surface area (Å²) < 4.78 is 9.92. The summed E-state index contributed by atoms with van der Waals surface area (Å²) in [5, 5.41) is 29.8. The van der Waals surface area contributed by atoms with Gasteiger partial charge in [-0.2, -0.15) is 0 Å². The quantitative estimate of drug-likeness (QED) is 0.142. The summed E-state index contributed by atoms with van der Waals surface area (Å²) in [4.78, 5) is 0. The molecule has 24 rings (SSSR count). The summed E-state index contributed by atoms with van der Waals surface area (Å²) in [6.07, 6.45) is 0. The van der Waals surface area contributed by atoms with Gasteiger partial charge in [0.05, 0.1) is 55.5 Å². The van der Waals surface area contributed by atoms with E-state index in [0.29, 0.717) is 0 Å². The van der Waals surface area contributed by atoms with Gasteiger partial charge in [0.2, 0.25) is 0 Å². The van der Waals surface area contributed by atoms with Gasteiger partial charge >= 0.3 is 0 Å². The summed E-state index contributed by atoms with van der Waals surface area (Å²) in [6, 6.07) is 141. The van der Waals surface area contributed by atoms with Crippen LogP contribution in [0.3, 0.4) is 0 Å². The lowest BCUT2D eigenvalue weighted by molar-refractivity contribution is 1.18. The van der Waals surface area contributed by atoms with Gasteiger partial charge in [-0.1, -0.05) is 273 Å². The Hall–Kier alpha value is -14.3. The molecule has 4 nitrogen and oxygen atoms in total. The zero-order valence-corrected chi connectivity index (χ0v) is 58.6. The number of nitrogens with zero attached hydrogens (tertiary/aromatic N) is 4. The number of hydrogen-bond acceptors (Lipinski definition) is 0. The SMILES string of the molecule is c1ccc(-n2c3ccccc3c3ccc(-c4ccc5c(c4)c4ccccc4n5-c4cc5c6ccc(-c7ccc(-n8c9ccccc9c9ccc(-c%10ccc%11c(c%10)c%10ccccc%10n%11-c%10cc%11ccc%12ccccc%12c%11c%11ccccc%10%11)cc98)cc7)cc6c6ccccc6c5c5c4ccc4ccccc45)cc32)cc1. The number of hydrogen-bond donors (Lipinski definition) is 0. The van der Waals surface area contributed by atoms with Crippen LogP contribution in [0.4, 0.5) is 0 Å². The average molecular weight is 1370 g/mol. The van der Waals surface area contributed by atoms with Gasteiger partial charge in [-0.15, -0.1) is 0 Å². The van der Waals surface area contributed by atoms with Crippen molar-refractivity contribution in [1.29, 1.82) is 0 Å². The maximum Gasteiger partial charge on any atom is 0.0547 e. The lowest BCUT2D eigenvalue weighted by atomic mass is 9.87. The molecule has 0 aliphatic heterocycles. The minimum atomic E-state index is 1.12. The highest BCUT2D eigenvalue weighted by molar-refractivity contribution is 6.37. The highest BCUT2D eigenvalue weighted by atomic mass is 15.0. The highest BCUT2D eigenvalue weighted by Crippen LogP contribution is 2.49. The van der Waals surface area contributed by atoms with Gasteiger partial charge in [0.25, 0.3) is 0 Å². The van der Waals surface area contributed by atoms with Gasteiger partial charge < -0.3 is 18.3 Å². The molecular weight excluding hydrogens is 1310 g/mol. The molecule has 0 bridgehead atoms. The van der Waals surface area contributed by atoms with Crippen molar-refractivity contribution in [3.63, 3.8) is 0 Å². The van der Waals surface area contributed by atoms with Crippen molar-refractivity contribution in [2.24, 2.45) is 0 Å². The Morgan fingerprint density at radius 1 is 0.130 bits per heavy atom. The van der Waals surface area contributed by atoms with E-state index in [1.165, 1.54) is 207 Å². The third-order valence-electron chi connectivity index (χ3n) is 23.8. The van der Waals surface area contributed by atoms with Crippen LogP contribution >= 0.6 is 0 Å². The van der Waals surface area contributed by atoms with Gasteiger partial charge in [-0.05, 0) is 207 Å². The molecule has 0 spiro atoms. The summed E-state index contributed by atoms with van der Waals surface area (Å²) in [5.74, 6) is 0. The number of para-hydroxylation sites is 5. The Morgan fingerprint density at radius 3 is 1.04 bits per heavy atom. The minimum Gasteiger partial charge on any atom is -0.309 e. The lowest BCUT2D eigenvalue weighted by Crippen LogP contribution is -1.98. The molecule has 0 fully saturated rings. The van der Waals surface area contributed by atoms with Crippen LogP contribution in [0.25, 0.3) is 230 Å². The molecule has 0 atom stereocenters. The van der Waals surface area contributed by atoms with Crippen molar-refractivity contribution in [2.75, 3.05) is 0 Å². The molecule has 20 aromatic carbocycles. The molecule has 0 unspecified atom stereocenters. The van der Waals surface area contributed by atoms with E-state index in [9.17, 15) is 0 Å². The van der Waals surface area contributed by atoms with Crippen LogP contribution in [0.1, 0.15) is 0 Å². The molecular formula is C104H62N4. The second kappa shape index (κ2) is 22.6. The standard InChI is InChI=1S/C104H62N4/c1-2-22-72(23-3-1)105-92-34-16-12-27-78(92)83-51-44-69(59-98(83)105)68-47-55-97-90(58-68)82-31-15-19-37-95(82)108(97)101-62-91-77-50-43-66(56-88(77)76-26-8-10-32-85(76)104(91)103-75-25-7-5-21-65(75)42-53-87(101)103)63-40-48-73(49-41-63)106-93-35-17-13-28-79(93)84-52-45-70(60-99(84)106)67-46-54-96-89(57-67)81-30-14-18-36-94(81)107(96)100-61-71-39-38-64-20-4-6-24-74(64)102(71)86-33-11-9-29-80(86)100/h1-62H. The molecule has 4 heteroatoms. The Labute approximate surface area is 619 Å². The molecule has 108 heavy (non-hydrogen) atoms. The monoisotopic (exact) mass is 1370 g/mol. The Kier molecular flexibility index (Phi) is 12.4. The van der Waals surface area contributed by atoms with E-state index in [1.54, 1.807) is 0 Å². The Bertz CT molecular complexity index is 8040. The highest BCUT2D eigenvalue weighted by Gasteiger charge is 2.24. The van der Waals surface area contributed by atoms with E-state index in [1.807, 2.05) is 0 Å². The number of rotatable bonds is 7. The third kappa shape index (κ3) is 8.45. The average Bonchev–Trinajstić information content (AvgIpc) is 1.27. The van der Waals surface area contributed by atoms with Gasteiger partial charge in [-0.3, -0.25) is 0 Å². The fourth-order valence-corrected chi connectivity index (χ4v) is 19.1. The predicted molar refractivity (Wildman–Crippen MR) is 460 cm³/mol. The predicted octanol–water partition coefficient (Wildman–Crippen LogP) is 28.3. The van der Waals surface area contributed by atoms with Crippen LogP contribution in [0.5, 0.6) is 0 Å². The van der Waals surface area contributed by atoms with Crippen molar-refractivity contribution in [1.82, 2.24) is 18.3 Å². The van der Waals surface area contributed by atoms with Gasteiger partial charge in [0.1, 0.15) is 0 Å². The fourth-order valence-electron chi connectivity index (χ4n) is 19.1. The van der Waals surface area contributed by atoms with Gasteiger partial charge in [0, 0.05) is 70.6 Å². The number of fused-ring (bicyclic) bond motifs is 27. The van der Waals surface area contributed by atoms with E-state index in [2.05, 4.69) is 394 Å². The minimum absolute atomic E-state index is 1.12. The van der Waals surface area contributed by atoms with Crippen molar-refractivity contribution >= 4 is 173 Å². The van der Waals surface area contributed by atoms with E-state index in [0.717, 1.165) is 22.6 Å². The van der Waals surface area contributed by atoms with Crippen LogP contribution < -0.4 is 0 Å². The van der Waals surface area contributed by atoms with E-state index < -0.39 is 0 Å².